The Morgan fingerprint density at radius 2 is 0.900 bits per heavy atom. The molecule has 0 atom stereocenters. The van der Waals surface area contributed by atoms with E-state index in [0.717, 1.165) is 33.6 Å². The van der Waals surface area contributed by atoms with Crippen LogP contribution < -0.4 is 9.80 Å². The molecular formula is C26H28N2O2. The molecule has 0 amide bonds. The van der Waals surface area contributed by atoms with Gasteiger partial charge < -0.3 is 20.0 Å². The van der Waals surface area contributed by atoms with Crippen LogP contribution in [0, 0.1) is 0 Å². The van der Waals surface area contributed by atoms with Crippen molar-refractivity contribution >= 4 is 35.7 Å². The summed E-state index contributed by atoms with van der Waals surface area (Å²) in [4.78, 5) is 3.76. The molecule has 0 heterocycles. The third-order valence-electron chi connectivity index (χ3n) is 4.81. The summed E-state index contributed by atoms with van der Waals surface area (Å²) in [5.74, 6) is 0.532. The molecule has 0 aliphatic heterocycles. The Morgan fingerprint density at radius 3 is 1.23 bits per heavy atom. The van der Waals surface area contributed by atoms with Gasteiger partial charge in [-0.1, -0.05) is 54.6 Å². The normalized spacial score (nSPS) is 11.3. The first-order valence-corrected chi connectivity index (χ1v) is 9.80. The van der Waals surface area contributed by atoms with Crippen molar-refractivity contribution in [2.75, 3.05) is 38.0 Å². The van der Waals surface area contributed by atoms with Crippen molar-refractivity contribution in [1.29, 1.82) is 0 Å². The van der Waals surface area contributed by atoms with E-state index in [-0.39, 0.29) is 11.5 Å². The van der Waals surface area contributed by atoms with Crippen LogP contribution in [0.4, 0.5) is 11.4 Å². The van der Waals surface area contributed by atoms with Crippen LogP contribution in [0.3, 0.4) is 0 Å². The predicted molar refractivity (Wildman–Crippen MR) is 129 cm³/mol. The molecule has 3 aromatic carbocycles. The molecule has 0 bridgehead atoms. The number of benzene rings is 3. The van der Waals surface area contributed by atoms with Gasteiger partial charge in [0.25, 0.3) is 0 Å². The molecule has 0 aromatic heterocycles. The van der Waals surface area contributed by atoms with E-state index in [4.69, 9.17) is 0 Å². The van der Waals surface area contributed by atoms with E-state index in [0.29, 0.717) is 0 Å². The quantitative estimate of drug-likeness (QED) is 0.531. The van der Waals surface area contributed by atoms with Crippen molar-refractivity contribution in [2.24, 2.45) is 0 Å². The zero-order chi connectivity index (χ0) is 21.7. The monoisotopic (exact) mass is 400 g/mol. The molecule has 0 saturated heterocycles. The summed E-state index contributed by atoms with van der Waals surface area (Å²) in [6.07, 6.45) is 8.03. The Labute approximate surface area is 178 Å². The molecule has 0 aliphatic rings. The van der Waals surface area contributed by atoms with E-state index >= 15 is 0 Å². The molecule has 30 heavy (non-hydrogen) atoms. The molecule has 0 radical (unpaired) electrons. The Morgan fingerprint density at radius 1 is 0.533 bits per heavy atom. The summed E-state index contributed by atoms with van der Waals surface area (Å²) in [6.45, 7) is 0. The Kier molecular flexibility index (Phi) is 6.48. The number of aromatic hydroxyl groups is 2. The number of phenolic OH excluding ortho intramolecular Hbond substituents is 2. The van der Waals surface area contributed by atoms with Gasteiger partial charge in [0.05, 0.1) is 11.4 Å². The third-order valence-corrected chi connectivity index (χ3v) is 4.81. The summed E-state index contributed by atoms with van der Waals surface area (Å²) in [7, 11) is 7.62. The molecule has 3 aromatic rings. The molecule has 0 fully saturated rings. The summed E-state index contributed by atoms with van der Waals surface area (Å²) in [5.41, 5.74) is 5.61. The lowest BCUT2D eigenvalue weighted by molar-refractivity contribution is 0.475. The fraction of sp³-hybridized carbons (Fsp3) is 0.154. The molecule has 0 aliphatic carbocycles. The van der Waals surface area contributed by atoms with Crippen LogP contribution in [0.1, 0.15) is 22.3 Å². The lowest BCUT2D eigenvalue weighted by Gasteiger charge is -2.14. The number of rotatable bonds is 6. The summed E-state index contributed by atoms with van der Waals surface area (Å²) in [5, 5.41) is 20.3. The maximum Gasteiger partial charge on any atom is 0.139 e. The van der Waals surface area contributed by atoms with E-state index in [1.54, 1.807) is 12.1 Å². The van der Waals surface area contributed by atoms with Crippen LogP contribution in [-0.2, 0) is 0 Å². The van der Waals surface area contributed by atoms with Crippen molar-refractivity contribution in [3.63, 3.8) is 0 Å². The first-order valence-electron chi connectivity index (χ1n) is 9.80. The highest BCUT2D eigenvalue weighted by Gasteiger charge is 2.04. The second-order valence-corrected chi connectivity index (χ2v) is 7.62. The van der Waals surface area contributed by atoms with Gasteiger partial charge in [0.15, 0.2) is 0 Å². The summed E-state index contributed by atoms with van der Waals surface area (Å²) in [6, 6.07) is 19.5. The van der Waals surface area contributed by atoms with Gasteiger partial charge in [-0.3, -0.25) is 0 Å². The minimum absolute atomic E-state index is 0.266. The van der Waals surface area contributed by atoms with Gasteiger partial charge in [-0.15, -0.1) is 0 Å². The van der Waals surface area contributed by atoms with Crippen molar-refractivity contribution < 1.29 is 10.2 Å². The fourth-order valence-electron chi connectivity index (χ4n) is 3.20. The fourth-order valence-corrected chi connectivity index (χ4v) is 3.20. The lowest BCUT2D eigenvalue weighted by atomic mass is 10.1. The SMILES string of the molecule is CN(C)c1ccc(C=Cc2cccc(C=Cc3ccc(N(C)C)c(O)c3)c2)cc1O. The molecule has 4 nitrogen and oxygen atoms in total. The molecule has 0 saturated carbocycles. The van der Waals surface area contributed by atoms with Crippen LogP contribution in [0.2, 0.25) is 0 Å². The molecule has 3 rings (SSSR count). The molecular weight excluding hydrogens is 372 g/mol. The first kappa shape index (κ1) is 21.1. The smallest absolute Gasteiger partial charge is 0.139 e. The van der Waals surface area contributed by atoms with Crippen LogP contribution in [0.15, 0.2) is 60.7 Å². The van der Waals surface area contributed by atoms with Gasteiger partial charge in [0.1, 0.15) is 11.5 Å². The van der Waals surface area contributed by atoms with Crippen molar-refractivity contribution in [3.8, 4) is 11.5 Å². The van der Waals surface area contributed by atoms with Gasteiger partial charge in [0, 0.05) is 28.2 Å². The highest BCUT2D eigenvalue weighted by Crippen LogP contribution is 2.28. The van der Waals surface area contributed by atoms with Gasteiger partial charge >= 0.3 is 0 Å². The van der Waals surface area contributed by atoms with Gasteiger partial charge in [-0.2, -0.15) is 0 Å². The Bertz CT molecular complexity index is 999. The second kappa shape index (κ2) is 9.23. The van der Waals surface area contributed by atoms with Crippen molar-refractivity contribution in [1.82, 2.24) is 0 Å². The van der Waals surface area contributed by atoms with Gasteiger partial charge in [-0.05, 0) is 52.6 Å². The lowest BCUT2D eigenvalue weighted by Crippen LogP contribution is -2.08. The highest BCUT2D eigenvalue weighted by molar-refractivity contribution is 5.76. The average molecular weight is 401 g/mol. The van der Waals surface area contributed by atoms with Crippen LogP contribution in [0.5, 0.6) is 11.5 Å². The van der Waals surface area contributed by atoms with E-state index < -0.39 is 0 Å². The number of nitrogens with zero attached hydrogens (tertiary/aromatic N) is 2. The maximum atomic E-state index is 10.1. The molecule has 0 unspecified atom stereocenters. The molecule has 0 spiro atoms. The van der Waals surface area contributed by atoms with Gasteiger partial charge in [-0.25, -0.2) is 0 Å². The zero-order valence-electron chi connectivity index (χ0n) is 17.9. The maximum absolute atomic E-state index is 10.1. The van der Waals surface area contributed by atoms with Crippen molar-refractivity contribution in [3.05, 3.63) is 82.9 Å². The number of phenols is 2. The van der Waals surface area contributed by atoms with Crippen LogP contribution in [-0.4, -0.2) is 38.4 Å². The minimum atomic E-state index is 0.266. The topological polar surface area (TPSA) is 46.9 Å². The number of anilines is 2. The van der Waals surface area contributed by atoms with E-state index in [9.17, 15) is 10.2 Å². The molecule has 4 heteroatoms. The summed E-state index contributed by atoms with van der Waals surface area (Å²) >= 11 is 0. The molecule has 154 valence electrons. The standard InChI is InChI=1S/C26H28N2O2/c1-27(2)23-14-12-21(17-25(23)29)10-8-19-6-5-7-20(16-19)9-11-22-13-15-24(28(3)4)26(30)18-22/h5-18,29-30H,1-4H3. The van der Waals surface area contributed by atoms with E-state index in [1.807, 2.05) is 105 Å². The largest absolute Gasteiger partial charge is 0.506 e. The van der Waals surface area contributed by atoms with E-state index in [2.05, 4.69) is 6.07 Å². The second-order valence-electron chi connectivity index (χ2n) is 7.62. The van der Waals surface area contributed by atoms with Gasteiger partial charge in [0.2, 0.25) is 0 Å². The Balaban J connectivity index is 1.75. The minimum Gasteiger partial charge on any atom is -0.506 e. The van der Waals surface area contributed by atoms with Crippen LogP contribution >= 0.6 is 0 Å². The third kappa shape index (κ3) is 5.23. The summed E-state index contributed by atoms with van der Waals surface area (Å²) < 4.78 is 0. The Hall–Kier alpha value is -3.66. The number of hydrogen-bond donors (Lipinski definition) is 2. The van der Waals surface area contributed by atoms with Crippen LogP contribution in [0.25, 0.3) is 24.3 Å². The van der Waals surface area contributed by atoms with E-state index in [1.165, 1.54) is 0 Å². The zero-order valence-corrected chi connectivity index (χ0v) is 17.9. The highest BCUT2D eigenvalue weighted by atomic mass is 16.3. The molecule has 2 N–H and O–H groups in total. The van der Waals surface area contributed by atoms with Crippen molar-refractivity contribution in [2.45, 2.75) is 0 Å². The average Bonchev–Trinajstić information content (AvgIpc) is 2.70. The predicted octanol–water partition coefficient (Wildman–Crippen LogP) is 5.57. The number of hydrogen-bond acceptors (Lipinski definition) is 4. The first-order chi connectivity index (χ1) is 14.3.